The molecule has 0 radical (unpaired) electrons. The molecule has 2 rings (SSSR count). The molecule has 2 nitrogen and oxygen atoms in total. The molecule has 0 atom stereocenters. The number of hydrogen-bond donors (Lipinski definition) is 0. The number of alkyl halides is 3. The largest absolute Gasteiger partial charge is 0.454 e. The third-order valence-electron chi connectivity index (χ3n) is 2.60. The zero-order chi connectivity index (χ0) is 16.5. The van der Waals surface area contributed by atoms with E-state index >= 15 is 0 Å². The van der Waals surface area contributed by atoms with Gasteiger partial charge in [-0.25, -0.2) is 8.78 Å². The van der Waals surface area contributed by atoms with Gasteiger partial charge >= 0.3 is 6.18 Å². The molecule has 8 heteroatoms. The second-order valence-electron chi connectivity index (χ2n) is 4.20. The van der Waals surface area contributed by atoms with Crippen LogP contribution >= 0.6 is 15.9 Å². The van der Waals surface area contributed by atoms with Crippen LogP contribution in [0.5, 0.6) is 11.5 Å². The number of carbonyl (C=O) groups excluding carboxylic acids is 1. The number of halogens is 6. The Bertz CT molecular complexity index is 728. The van der Waals surface area contributed by atoms with Crippen molar-refractivity contribution < 1.29 is 31.5 Å². The zero-order valence-corrected chi connectivity index (χ0v) is 12.1. The number of aldehydes is 1. The van der Waals surface area contributed by atoms with Gasteiger partial charge in [0.05, 0.1) is 11.1 Å². The van der Waals surface area contributed by atoms with Gasteiger partial charge in [0.1, 0.15) is 11.6 Å². The molecule has 0 aliphatic heterocycles. The van der Waals surface area contributed by atoms with E-state index in [1.165, 1.54) is 6.07 Å². The highest BCUT2D eigenvalue weighted by Gasteiger charge is 2.31. The van der Waals surface area contributed by atoms with Crippen molar-refractivity contribution in [1.82, 2.24) is 0 Å². The summed E-state index contributed by atoms with van der Waals surface area (Å²) in [5.74, 6) is -3.08. The summed E-state index contributed by atoms with van der Waals surface area (Å²) in [5.41, 5.74) is -1.53. The van der Waals surface area contributed by atoms with E-state index in [4.69, 9.17) is 4.74 Å². The highest BCUT2D eigenvalue weighted by Crippen LogP contribution is 2.36. The highest BCUT2D eigenvalue weighted by atomic mass is 79.9. The molecule has 2 aromatic carbocycles. The lowest BCUT2D eigenvalue weighted by Crippen LogP contribution is -2.05. The quantitative estimate of drug-likeness (QED) is 0.529. The van der Waals surface area contributed by atoms with Crippen LogP contribution < -0.4 is 4.74 Å². The number of benzene rings is 2. The maximum atomic E-state index is 13.7. The lowest BCUT2D eigenvalue weighted by molar-refractivity contribution is -0.137. The van der Waals surface area contributed by atoms with Gasteiger partial charge in [-0.15, -0.1) is 0 Å². The smallest absolute Gasteiger partial charge is 0.416 e. The van der Waals surface area contributed by atoms with E-state index in [9.17, 15) is 26.7 Å². The SMILES string of the molecule is O=Cc1cc(F)c(Oc2cc(Br)cc(C(F)(F)F)c2)cc1F. The highest BCUT2D eigenvalue weighted by molar-refractivity contribution is 9.10. The number of hydrogen-bond acceptors (Lipinski definition) is 2. The first-order valence-electron chi connectivity index (χ1n) is 5.70. The van der Waals surface area contributed by atoms with E-state index in [0.29, 0.717) is 18.2 Å². The fourth-order valence-electron chi connectivity index (χ4n) is 1.62. The topological polar surface area (TPSA) is 26.3 Å². The molecular formula is C14H6BrF5O2. The Hall–Kier alpha value is -1.96. The van der Waals surface area contributed by atoms with Crippen LogP contribution in [0, 0.1) is 11.6 Å². The van der Waals surface area contributed by atoms with Crippen LogP contribution in [0.1, 0.15) is 15.9 Å². The van der Waals surface area contributed by atoms with Gasteiger partial charge in [-0.1, -0.05) is 15.9 Å². The maximum Gasteiger partial charge on any atom is 0.416 e. The van der Waals surface area contributed by atoms with Crippen molar-refractivity contribution in [1.29, 1.82) is 0 Å². The summed E-state index contributed by atoms with van der Waals surface area (Å²) in [6.45, 7) is 0. The third kappa shape index (κ3) is 3.62. The summed E-state index contributed by atoms with van der Waals surface area (Å²) in [6, 6.07) is 3.82. The minimum atomic E-state index is -4.62. The molecule has 0 N–H and O–H groups in total. The van der Waals surface area contributed by atoms with E-state index < -0.39 is 34.7 Å². The van der Waals surface area contributed by atoms with Gasteiger partial charge < -0.3 is 4.74 Å². The summed E-state index contributed by atoms with van der Waals surface area (Å²) < 4.78 is 70.1. The number of rotatable bonds is 3. The first kappa shape index (κ1) is 16.4. The summed E-state index contributed by atoms with van der Waals surface area (Å²) in [5, 5.41) is 0. The average molecular weight is 381 g/mol. The van der Waals surface area contributed by atoms with Crippen LogP contribution in [0.25, 0.3) is 0 Å². The monoisotopic (exact) mass is 380 g/mol. The Kier molecular flexibility index (Phi) is 4.50. The molecule has 0 aliphatic rings. The first-order valence-corrected chi connectivity index (χ1v) is 6.50. The predicted octanol–water partition coefficient (Wildman–Crippen LogP) is 5.35. The molecule has 0 amide bonds. The Morgan fingerprint density at radius 1 is 1.00 bits per heavy atom. The second-order valence-corrected chi connectivity index (χ2v) is 5.11. The normalized spacial score (nSPS) is 11.4. The van der Waals surface area contributed by atoms with Crippen LogP contribution in [0.2, 0.25) is 0 Å². The Balaban J connectivity index is 2.41. The van der Waals surface area contributed by atoms with E-state index in [1.807, 2.05) is 0 Å². The van der Waals surface area contributed by atoms with Gasteiger partial charge in [0, 0.05) is 10.5 Å². The van der Waals surface area contributed by atoms with Crippen molar-refractivity contribution in [3.8, 4) is 11.5 Å². The second kappa shape index (κ2) is 6.04. The maximum absolute atomic E-state index is 13.7. The van der Waals surface area contributed by atoms with Gasteiger partial charge in [-0.3, -0.25) is 4.79 Å². The zero-order valence-electron chi connectivity index (χ0n) is 10.5. The van der Waals surface area contributed by atoms with E-state index in [1.54, 1.807) is 0 Å². The molecule has 0 unspecified atom stereocenters. The van der Waals surface area contributed by atoms with Crippen molar-refractivity contribution >= 4 is 22.2 Å². The molecular weight excluding hydrogens is 375 g/mol. The van der Waals surface area contributed by atoms with E-state index in [-0.39, 0.29) is 16.5 Å². The molecule has 116 valence electrons. The first-order chi connectivity index (χ1) is 10.2. The fourth-order valence-corrected chi connectivity index (χ4v) is 2.10. The summed E-state index contributed by atoms with van der Waals surface area (Å²) in [4.78, 5) is 10.5. The molecule has 0 saturated heterocycles. The minimum Gasteiger partial charge on any atom is -0.454 e. The Morgan fingerprint density at radius 2 is 1.68 bits per heavy atom. The summed E-state index contributed by atoms with van der Waals surface area (Å²) in [6.07, 6.45) is -4.50. The number of carbonyl (C=O) groups is 1. The Morgan fingerprint density at radius 3 is 2.27 bits per heavy atom. The van der Waals surface area contributed by atoms with Crippen molar-refractivity contribution in [3.63, 3.8) is 0 Å². The Labute approximate surface area is 129 Å². The van der Waals surface area contributed by atoms with Crippen molar-refractivity contribution in [2.24, 2.45) is 0 Å². The average Bonchev–Trinajstić information content (AvgIpc) is 2.41. The van der Waals surface area contributed by atoms with Crippen molar-refractivity contribution in [3.05, 3.63) is 57.6 Å². The van der Waals surface area contributed by atoms with E-state index in [0.717, 1.165) is 6.07 Å². The molecule has 0 bridgehead atoms. The molecule has 0 spiro atoms. The molecule has 0 fully saturated rings. The van der Waals surface area contributed by atoms with Gasteiger partial charge in [0.2, 0.25) is 0 Å². The molecule has 0 aliphatic carbocycles. The van der Waals surface area contributed by atoms with Gasteiger partial charge in [-0.05, 0) is 24.3 Å². The standard InChI is InChI=1S/C14H6BrF5O2/c15-9-2-8(14(18,19)20)3-10(4-9)22-13-5-11(16)7(6-21)1-12(13)17/h1-6H. The fraction of sp³-hybridized carbons (Fsp3) is 0.0714. The van der Waals surface area contributed by atoms with Crippen LogP contribution in [0.15, 0.2) is 34.8 Å². The van der Waals surface area contributed by atoms with Gasteiger partial charge in [0.15, 0.2) is 17.9 Å². The van der Waals surface area contributed by atoms with E-state index in [2.05, 4.69) is 15.9 Å². The third-order valence-corrected chi connectivity index (χ3v) is 3.06. The molecule has 0 saturated carbocycles. The van der Waals surface area contributed by atoms with Crippen LogP contribution in [-0.4, -0.2) is 6.29 Å². The summed E-state index contributed by atoms with van der Waals surface area (Å²) >= 11 is 2.88. The lowest BCUT2D eigenvalue weighted by atomic mass is 10.2. The lowest BCUT2D eigenvalue weighted by Gasteiger charge is -2.12. The molecule has 0 heterocycles. The molecule has 2 aromatic rings. The molecule has 22 heavy (non-hydrogen) atoms. The van der Waals surface area contributed by atoms with Crippen molar-refractivity contribution in [2.45, 2.75) is 6.18 Å². The summed E-state index contributed by atoms with van der Waals surface area (Å²) in [7, 11) is 0. The van der Waals surface area contributed by atoms with Gasteiger partial charge in [-0.2, -0.15) is 13.2 Å². The molecule has 0 aromatic heterocycles. The predicted molar refractivity (Wildman–Crippen MR) is 71.0 cm³/mol. The van der Waals surface area contributed by atoms with Crippen LogP contribution in [0.3, 0.4) is 0 Å². The minimum absolute atomic E-state index is 0.0581. The van der Waals surface area contributed by atoms with Gasteiger partial charge in [0.25, 0.3) is 0 Å². The van der Waals surface area contributed by atoms with Crippen LogP contribution in [0.4, 0.5) is 22.0 Å². The van der Waals surface area contributed by atoms with Crippen LogP contribution in [-0.2, 0) is 6.18 Å². The van der Waals surface area contributed by atoms with Crippen molar-refractivity contribution in [2.75, 3.05) is 0 Å². The number of ether oxygens (including phenoxy) is 1.